The molecule has 0 aromatic carbocycles. The van der Waals surface area contributed by atoms with Gasteiger partial charge < -0.3 is 15.4 Å². The maximum atomic E-state index is 4.96. The summed E-state index contributed by atoms with van der Waals surface area (Å²) in [5.74, 6) is 1.50. The van der Waals surface area contributed by atoms with Gasteiger partial charge in [-0.15, -0.1) is 24.0 Å². The van der Waals surface area contributed by atoms with Gasteiger partial charge in [-0.2, -0.15) is 0 Å². The highest BCUT2D eigenvalue weighted by molar-refractivity contribution is 14.0. The molecule has 4 nitrogen and oxygen atoms in total. The number of methoxy groups -OCH3 is 1. The summed E-state index contributed by atoms with van der Waals surface area (Å²) in [6.45, 7) is 6.97. The van der Waals surface area contributed by atoms with Gasteiger partial charge in [-0.25, -0.2) is 0 Å². The smallest absolute Gasteiger partial charge is 0.190 e. The molecular formula is C10H24IN3O. The van der Waals surface area contributed by atoms with Crippen molar-refractivity contribution < 1.29 is 4.74 Å². The molecule has 0 atom stereocenters. The molecule has 15 heavy (non-hydrogen) atoms. The zero-order valence-electron chi connectivity index (χ0n) is 10.2. The van der Waals surface area contributed by atoms with E-state index in [0.717, 1.165) is 32.1 Å². The predicted octanol–water partition coefficient (Wildman–Crippen LogP) is 1.46. The number of hydrogen-bond donors (Lipinski definition) is 2. The standard InChI is InChI=1S/C10H23N3O.HI/c1-9(2)8-13-10(11-3)12-6-5-7-14-4;/h9H,5-8H2,1-4H3,(H2,11,12,13);1H. The van der Waals surface area contributed by atoms with E-state index >= 15 is 0 Å². The molecule has 2 N–H and O–H groups in total. The zero-order valence-corrected chi connectivity index (χ0v) is 12.5. The van der Waals surface area contributed by atoms with Crippen molar-refractivity contribution in [3.8, 4) is 0 Å². The molecule has 5 heteroatoms. The van der Waals surface area contributed by atoms with E-state index in [1.807, 2.05) is 0 Å². The summed E-state index contributed by atoms with van der Waals surface area (Å²) in [5, 5.41) is 6.46. The van der Waals surface area contributed by atoms with Crippen LogP contribution in [0.1, 0.15) is 20.3 Å². The van der Waals surface area contributed by atoms with E-state index in [9.17, 15) is 0 Å². The molecule has 0 aliphatic heterocycles. The Bertz CT molecular complexity index is 163. The lowest BCUT2D eigenvalue weighted by atomic mass is 10.2. The second kappa shape index (κ2) is 12.0. The molecule has 0 saturated heterocycles. The molecule has 0 aromatic heterocycles. The number of halogens is 1. The van der Waals surface area contributed by atoms with Gasteiger partial charge in [-0.1, -0.05) is 13.8 Å². The molecule has 0 fully saturated rings. The van der Waals surface area contributed by atoms with Crippen molar-refractivity contribution in [2.45, 2.75) is 20.3 Å². The van der Waals surface area contributed by atoms with Crippen LogP contribution in [0.4, 0.5) is 0 Å². The van der Waals surface area contributed by atoms with Crippen LogP contribution < -0.4 is 10.6 Å². The Morgan fingerprint density at radius 1 is 1.33 bits per heavy atom. The van der Waals surface area contributed by atoms with Crippen molar-refractivity contribution >= 4 is 29.9 Å². The second-order valence-electron chi connectivity index (χ2n) is 3.62. The number of nitrogens with one attached hydrogen (secondary N) is 2. The minimum atomic E-state index is 0. The normalized spacial score (nSPS) is 11.1. The maximum absolute atomic E-state index is 4.96. The second-order valence-corrected chi connectivity index (χ2v) is 3.62. The molecule has 0 unspecified atom stereocenters. The molecule has 0 heterocycles. The highest BCUT2D eigenvalue weighted by Gasteiger charge is 1.97. The van der Waals surface area contributed by atoms with Crippen LogP contribution >= 0.6 is 24.0 Å². The lowest BCUT2D eigenvalue weighted by Gasteiger charge is -2.12. The Balaban J connectivity index is 0. The van der Waals surface area contributed by atoms with Gasteiger partial charge in [-0.05, 0) is 12.3 Å². The van der Waals surface area contributed by atoms with Crippen LogP contribution in [-0.2, 0) is 4.74 Å². The van der Waals surface area contributed by atoms with Crippen LogP contribution in [0.3, 0.4) is 0 Å². The number of aliphatic imine (C=N–C) groups is 1. The minimum Gasteiger partial charge on any atom is -0.385 e. The van der Waals surface area contributed by atoms with Crippen LogP contribution in [-0.4, -0.2) is 39.8 Å². The van der Waals surface area contributed by atoms with Gasteiger partial charge in [0.25, 0.3) is 0 Å². The minimum absolute atomic E-state index is 0. The Labute approximate surface area is 110 Å². The molecule has 0 spiro atoms. The lowest BCUT2D eigenvalue weighted by molar-refractivity contribution is 0.195. The van der Waals surface area contributed by atoms with Crippen LogP contribution in [0, 0.1) is 5.92 Å². The first-order valence-corrected chi connectivity index (χ1v) is 5.14. The Morgan fingerprint density at radius 2 is 2.00 bits per heavy atom. The third kappa shape index (κ3) is 11.9. The maximum Gasteiger partial charge on any atom is 0.190 e. The van der Waals surface area contributed by atoms with E-state index in [1.54, 1.807) is 14.2 Å². The van der Waals surface area contributed by atoms with E-state index in [4.69, 9.17) is 4.74 Å². The quantitative estimate of drug-likeness (QED) is 0.336. The number of ether oxygens (including phenoxy) is 1. The van der Waals surface area contributed by atoms with Crippen molar-refractivity contribution in [2.75, 3.05) is 33.9 Å². The fourth-order valence-electron chi connectivity index (χ4n) is 0.945. The molecule has 0 aliphatic rings. The van der Waals surface area contributed by atoms with E-state index in [2.05, 4.69) is 29.5 Å². The fraction of sp³-hybridized carbons (Fsp3) is 0.900. The monoisotopic (exact) mass is 329 g/mol. The summed E-state index contributed by atoms with van der Waals surface area (Å²) in [6.07, 6.45) is 0.999. The van der Waals surface area contributed by atoms with Crippen LogP contribution in [0.5, 0.6) is 0 Å². The first-order valence-electron chi connectivity index (χ1n) is 5.14. The summed E-state index contributed by atoms with van der Waals surface area (Å²) in [4.78, 5) is 4.11. The molecule has 0 aliphatic carbocycles. The summed E-state index contributed by atoms with van der Waals surface area (Å²) in [7, 11) is 3.50. The number of guanidine groups is 1. The molecule has 92 valence electrons. The van der Waals surface area contributed by atoms with Gasteiger partial charge in [0.2, 0.25) is 0 Å². The number of nitrogens with zero attached hydrogens (tertiary/aromatic N) is 1. The number of hydrogen-bond acceptors (Lipinski definition) is 2. The number of rotatable bonds is 6. The van der Waals surface area contributed by atoms with E-state index in [0.29, 0.717) is 5.92 Å². The summed E-state index contributed by atoms with van der Waals surface area (Å²) >= 11 is 0. The first-order chi connectivity index (χ1) is 6.70. The van der Waals surface area contributed by atoms with Crippen LogP contribution in [0.25, 0.3) is 0 Å². The molecular weight excluding hydrogens is 305 g/mol. The average molecular weight is 329 g/mol. The SMILES string of the molecule is CN=C(NCCCOC)NCC(C)C.I. The van der Waals surface area contributed by atoms with Gasteiger partial charge in [0.1, 0.15) is 0 Å². The molecule has 0 saturated carbocycles. The Kier molecular flexibility index (Phi) is 13.9. The van der Waals surface area contributed by atoms with Gasteiger partial charge >= 0.3 is 0 Å². The molecule has 0 aromatic rings. The van der Waals surface area contributed by atoms with E-state index in [1.165, 1.54) is 0 Å². The van der Waals surface area contributed by atoms with E-state index in [-0.39, 0.29) is 24.0 Å². The van der Waals surface area contributed by atoms with Gasteiger partial charge in [0, 0.05) is 33.9 Å². The zero-order chi connectivity index (χ0) is 10.8. The van der Waals surface area contributed by atoms with Crippen LogP contribution in [0.2, 0.25) is 0 Å². The van der Waals surface area contributed by atoms with Crippen molar-refractivity contribution in [2.24, 2.45) is 10.9 Å². The summed E-state index contributed by atoms with van der Waals surface area (Å²) in [5.41, 5.74) is 0. The highest BCUT2D eigenvalue weighted by atomic mass is 127. The predicted molar refractivity (Wildman–Crippen MR) is 76.1 cm³/mol. The average Bonchev–Trinajstić information content (AvgIpc) is 2.16. The largest absolute Gasteiger partial charge is 0.385 e. The fourth-order valence-corrected chi connectivity index (χ4v) is 0.945. The third-order valence-electron chi connectivity index (χ3n) is 1.72. The lowest BCUT2D eigenvalue weighted by Crippen LogP contribution is -2.39. The third-order valence-corrected chi connectivity index (χ3v) is 1.72. The van der Waals surface area contributed by atoms with Gasteiger partial charge in [0.05, 0.1) is 0 Å². The first kappa shape index (κ1) is 17.4. The molecule has 0 rings (SSSR count). The summed E-state index contributed by atoms with van der Waals surface area (Å²) < 4.78 is 4.96. The molecule has 0 bridgehead atoms. The summed E-state index contributed by atoms with van der Waals surface area (Å²) in [6, 6.07) is 0. The molecule has 0 radical (unpaired) electrons. The van der Waals surface area contributed by atoms with Crippen molar-refractivity contribution in [3.63, 3.8) is 0 Å². The topological polar surface area (TPSA) is 45.7 Å². The van der Waals surface area contributed by atoms with Crippen LogP contribution in [0.15, 0.2) is 4.99 Å². The van der Waals surface area contributed by atoms with Gasteiger partial charge in [-0.3, -0.25) is 4.99 Å². The van der Waals surface area contributed by atoms with Crippen molar-refractivity contribution in [1.29, 1.82) is 0 Å². The highest BCUT2D eigenvalue weighted by Crippen LogP contribution is 1.86. The van der Waals surface area contributed by atoms with Crippen molar-refractivity contribution in [3.05, 3.63) is 0 Å². The Hall–Kier alpha value is -0.0400. The van der Waals surface area contributed by atoms with Crippen molar-refractivity contribution in [1.82, 2.24) is 10.6 Å². The van der Waals surface area contributed by atoms with E-state index < -0.39 is 0 Å². The Morgan fingerprint density at radius 3 is 2.47 bits per heavy atom. The van der Waals surface area contributed by atoms with Gasteiger partial charge in [0.15, 0.2) is 5.96 Å². The molecule has 0 amide bonds.